The summed E-state index contributed by atoms with van der Waals surface area (Å²) in [5.74, 6) is 0.882. The predicted molar refractivity (Wildman–Crippen MR) is 106 cm³/mol. The van der Waals surface area contributed by atoms with Crippen LogP contribution < -0.4 is 10.6 Å². The Morgan fingerprint density at radius 2 is 2.20 bits per heavy atom. The van der Waals surface area contributed by atoms with E-state index in [1.54, 1.807) is 0 Å². The highest BCUT2D eigenvalue weighted by molar-refractivity contribution is 9.10. The van der Waals surface area contributed by atoms with Gasteiger partial charge in [-0.15, -0.1) is 0 Å². The molecule has 1 fully saturated rings. The van der Waals surface area contributed by atoms with Crippen molar-refractivity contribution in [1.82, 2.24) is 20.4 Å². The zero-order valence-electron chi connectivity index (χ0n) is 14.9. The van der Waals surface area contributed by atoms with E-state index in [9.17, 15) is 0 Å². The Morgan fingerprint density at radius 3 is 2.84 bits per heavy atom. The Labute approximate surface area is 158 Å². The quantitative estimate of drug-likeness (QED) is 0.424. The van der Waals surface area contributed by atoms with Crippen molar-refractivity contribution in [2.24, 2.45) is 12.0 Å². The number of rotatable bonds is 7. The largest absolute Gasteiger partial charge is 0.356 e. The van der Waals surface area contributed by atoms with Crippen molar-refractivity contribution in [3.63, 3.8) is 0 Å². The first-order valence-corrected chi connectivity index (χ1v) is 9.59. The van der Waals surface area contributed by atoms with Crippen LogP contribution in [0.2, 0.25) is 0 Å². The average Bonchev–Trinajstić information content (AvgIpc) is 3.29. The second-order valence-corrected chi connectivity index (χ2v) is 7.68. The highest BCUT2D eigenvalue weighted by Gasteiger charge is 2.44. The minimum absolute atomic E-state index is 0.261. The van der Waals surface area contributed by atoms with Gasteiger partial charge >= 0.3 is 0 Å². The standard InChI is InChI=1S/C19H26BrN5/c1-21-18(22-10-4-5-15-12-24-25(2)13-15)23-14-19(8-9-19)16-6-3-7-17(20)11-16/h3,6-7,11-13H,4-5,8-10,14H2,1-2H3,(H2,21,22,23). The van der Waals surface area contributed by atoms with E-state index in [1.807, 2.05) is 25.0 Å². The maximum atomic E-state index is 4.35. The zero-order valence-corrected chi connectivity index (χ0v) is 16.5. The number of hydrogen-bond donors (Lipinski definition) is 2. The van der Waals surface area contributed by atoms with Crippen LogP contribution in [0.5, 0.6) is 0 Å². The lowest BCUT2D eigenvalue weighted by Gasteiger charge is -2.19. The van der Waals surface area contributed by atoms with E-state index >= 15 is 0 Å². The number of aromatic nitrogens is 2. The summed E-state index contributed by atoms with van der Waals surface area (Å²) in [4.78, 5) is 4.35. The summed E-state index contributed by atoms with van der Waals surface area (Å²) >= 11 is 3.58. The third-order valence-corrected chi connectivity index (χ3v) is 5.29. The van der Waals surface area contributed by atoms with Gasteiger partial charge in [-0.2, -0.15) is 5.10 Å². The predicted octanol–water partition coefficient (Wildman–Crippen LogP) is 3.01. The molecule has 0 amide bonds. The third kappa shape index (κ3) is 4.84. The van der Waals surface area contributed by atoms with Crippen LogP contribution in [0.25, 0.3) is 0 Å². The smallest absolute Gasteiger partial charge is 0.191 e. The van der Waals surface area contributed by atoms with Gasteiger partial charge < -0.3 is 10.6 Å². The second kappa shape index (κ2) is 8.04. The highest BCUT2D eigenvalue weighted by Crippen LogP contribution is 2.48. The molecule has 1 saturated carbocycles. The first kappa shape index (κ1) is 18.0. The molecule has 1 aromatic heterocycles. The molecule has 0 unspecified atom stereocenters. The summed E-state index contributed by atoms with van der Waals surface area (Å²) in [5.41, 5.74) is 2.94. The van der Waals surface area contributed by atoms with E-state index < -0.39 is 0 Å². The number of nitrogens with zero attached hydrogens (tertiary/aromatic N) is 3. The van der Waals surface area contributed by atoms with Gasteiger partial charge in [-0.05, 0) is 48.9 Å². The molecule has 1 aromatic carbocycles. The van der Waals surface area contributed by atoms with Gasteiger partial charge in [0.25, 0.3) is 0 Å². The Bertz CT molecular complexity index is 733. The van der Waals surface area contributed by atoms with Crippen molar-refractivity contribution in [2.75, 3.05) is 20.1 Å². The molecule has 134 valence electrons. The normalized spacial score (nSPS) is 15.9. The van der Waals surface area contributed by atoms with Crippen LogP contribution in [0.3, 0.4) is 0 Å². The van der Waals surface area contributed by atoms with Crippen LogP contribution in [0, 0.1) is 0 Å². The third-order valence-electron chi connectivity index (χ3n) is 4.80. The van der Waals surface area contributed by atoms with E-state index in [0.717, 1.165) is 36.4 Å². The molecular formula is C19H26BrN5. The summed E-state index contributed by atoms with van der Waals surface area (Å²) in [5, 5.41) is 11.1. The molecule has 5 nitrogen and oxygen atoms in total. The molecule has 0 aliphatic heterocycles. The van der Waals surface area contributed by atoms with Crippen molar-refractivity contribution in [2.45, 2.75) is 31.1 Å². The van der Waals surface area contributed by atoms with Gasteiger partial charge in [0.1, 0.15) is 0 Å². The Hall–Kier alpha value is -1.82. The number of aliphatic imine (C=N–C) groups is 1. The summed E-state index contributed by atoms with van der Waals surface area (Å²) in [7, 11) is 3.78. The summed E-state index contributed by atoms with van der Waals surface area (Å²) in [6, 6.07) is 8.66. The van der Waals surface area contributed by atoms with Crippen LogP contribution in [0.4, 0.5) is 0 Å². The first-order chi connectivity index (χ1) is 12.1. The Morgan fingerprint density at radius 1 is 1.36 bits per heavy atom. The molecule has 0 atom stereocenters. The van der Waals surface area contributed by atoms with Gasteiger partial charge in [0.05, 0.1) is 6.20 Å². The molecule has 6 heteroatoms. The Balaban J connectivity index is 1.43. The van der Waals surface area contributed by atoms with Gasteiger partial charge in [-0.25, -0.2) is 0 Å². The lowest BCUT2D eigenvalue weighted by molar-refractivity contribution is 0.641. The Kier molecular flexibility index (Phi) is 5.78. The molecule has 1 heterocycles. The number of hydrogen-bond acceptors (Lipinski definition) is 2. The number of aryl methyl sites for hydroxylation is 2. The van der Waals surface area contributed by atoms with E-state index in [-0.39, 0.29) is 5.41 Å². The molecule has 0 radical (unpaired) electrons. The number of nitrogens with one attached hydrogen (secondary N) is 2. The molecule has 1 aliphatic carbocycles. The van der Waals surface area contributed by atoms with E-state index in [4.69, 9.17) is 0 Å². The van der Waals surface area contributed by atoms with Crippen molar-refractivity contribution in [3.05, 3.63) is 52.3 Å². The lowest BCUT2D eigenvalue weighted by atomic mass is 9.96. The molecule has 3 rings (SSSR count). The zero-order chi connectivity index (χ0) is 17.7. The minimum Gasteiger partial charge on any atom is -0.356 e. The molecule has 0 bridgehead atoms. The van der Waals surface area contributed by atoms with Crippen molar-refractivity contribution in [3.8, 4) is 0 Å². The van der Waals surface area contributed by atoms with Crippen LogP contribution in [-0.4, -0.2) is 35.9 Å². The number of benzene rings is 1. The maximum Gasteiger partial charge on any atom is 0.191 e. The van der Waals surface area contributed by atoms with Crippen molar-refractivity contribution >= 4 is 21.9 Å². The highest BCUT2D eigenvalue weighted by atomic mass is 79.9. The topological polar surface area (TPSA) is 54.2 Å². The van der Waals surface area contributed by atoms with Gasteiger partial charge in [0, 0.05) is 43.3 Å². The fourth-order valence-corrected chi connectivity index (χ4v) is 3.51. The molecule has 2 N–H and O–H groups in total. The van der Waals surface area contributed by atoms with E-state index in [2.05, 4.69) is 67.1 Å². The van der Waals surface area contributed by atoms with Gasteiger partial charge in [0.2, 0.25) is 0 Å². The number of halogens is 1. The summed E-state index contributed by atoms with van der Waals surface area (Å²) < 4.78 is 2.99. The molecule has 1 aliphatic rings. The van der Waals surface area contributed by atoms with Crippen LogP contribution in [-0.2, 0) is 18.9 Å². The summed E-state index contributed by atoms with van der Waals surface area (Å²) in [6.07, 6.45) is 8.55. The SMILES string of the molecule is CN=C(NCCCc1cnn(C)c1)NCC1(c2cccc(Br)c2)CC1. The minimum atomic E-state index is 0.261. The molecule has 2 aromatic rings. The van der Waals surface area contributed by atoms with Crippen LogP contribution in [0.1, 0.15) is 30.4 Å². The monoisotopic (exact) mass is 403 g/mol. The maximum absolute atomic E-state index is 4.35. The van der Waals surface area contributed by atoms with Crippen LogP contribution in [0.15, 0.2) is 46.1 Å². The average molecular weight is 404 g/mol. The van der Waals surface area contributed by atoms with Gasteiger partial charge in [-0.1, -0.05) is 28.1 Å². The van der Waals surface area contributed by atoms with Gasteiger partial charge in [0.15, 0.2) is 5.96 Å². The fourth-order valence-electron chi connectivity index (χ4n) is 3.11. The fraction of sp³-hybridized carbons (Fsp3) is 0.474. The van der Waals surface area contributed by atoms with E-state index in [1.165, 1.54) is 24.0 Å². The van der Waals surface area contributed by atoms with Crippen molar-refractivity contribution in [1.29, 1.82) is 0 Å². The molecule has 0 spiro atoms. The lowest BCUT2D eigenvalue weighted by Crippen LogP contribution is -2.41. The van der Waals surface area contributed by atoms with E-state index in [0.29, 0.717) is 0 Å². The second-order valence-electron chi connectivity index (χ2n) is 6.77. The molecule has 0 saturated heterocycles. The van der Waals surface area contributed by atoms with Crippen molar-refractivity contribution < 1.29 is 0 Å². The molecule has 25 heavy (non-hydrogen) atoms. The number of guanidine groups is 1. The van der Waals surface area contributed by atoms with Crippen LogP contribution >= 0.6 is 15.9 Å². The first-order valence-electron chi connectivity index (χ1n) is 8.79. The van der Waals surface area contributed by atoms with Gasteiger partial charge in [-0.3, -0.25) is 9.67 Å². The summed E-state index contributed by atoms with van der Waals surface area (Å²) in [6.45, 7) is 1.82. The molecular weight excluding hydrogens is 378 g/mol.